The number of carboxylic acid groups (broad SMARTS) is 1. The molecule has 2 atom stereocenters. The topological polar surface area (TPSA) is 66.4 Å². The van der Waals surface area contributed by atoms with Gasteiger partial charge in [-0.15, -0.1) is 0 Å². The zero-order chi connectivity index (χ0) is 12.6. The average Bonchev–Trinajstić information content (AvgIpc) is 3.02. The van der Waals surface area contributed by atoms with Crippen molar-refractivity contribution in [2.45, 2.75) is 51.5 Å². The first-order valence-electron chi connectivity index (χ1n) is 6.43. The summed E-state index contributed by atoms with van der Waals surface area (Å²) in [5.41, 5.74) is -0.411. The van der Waals surface area contributed by atoms with Crippen molar-refractivity contribution in [2.75, 3.05) is 0 Å². The first-order chi connectivity index (χ1) is 7.89. The fourth-order valence-corrected chi connectivity index (χ4v) is 2.47. The lowest BCUT2D eigenvalue weighted by molar-refractivity contribution is -0.138. The van der Waals surface area contributed by atoms with E-state index >= 15 is 0 Å². The molecule has 2 rings (SSSR count). The molecule has 0 aromatic carbocycles. The van der Waals surface area contributed by atoms with Crippen molar-refractivity contribution >= 4 is 11.9 Å². The van der Waals surface area contributed by atoms with Crippen LogP contribution in [0.2, 0.25) is 0 Å². The van der Waals surface area contributed by atoms with Gasteiger partial charge in [0.15, 0.2) is 0 Å². The quantitative estimate of drug-likeness (QED) is 0.742. The van der Waals surface area contributed by atoms with E-state index in [-0.39, 0.29) is 18.2 Å². The predicted octanol–water partition coefficient (Wildman–Crippen LogP) is 1.79. The number of carbonyl (C=O) groups excluding carboxylic acids is 1. The first-order valence-corrected chi connectivity index (χ1v) is 6.43. The fourth-order valence-electron chi connectivity index (χ4n) is 2.47. The van der Waals surface area contributed by atoms with E-state index in [0.29, 0.717) is 12.3 Å². The molecule has 4 nitrogen and oxygen atoms in total. The van der Waals surface area contributed by atoms with Gasteiger partial charge in [-0.05, 0) is 51.4 Å². The maximum Gasteiger partial charge on any atom is 0.303 e. The van der Waals surface area contributed by atoms with Crippen LogP contribution in [0, 0.1) is 17.8 Å². The highest BCUT2D eigenvalue weighted by molar-refractivity contribution is 5.82. The second-order valence-electron chi connectivity index (χ2n) is 6.11. The number of hydrogen-bond acceptors (Lipinski definition) is 2. The predicted molar refractivity (Wildman–Crippen MR) is 63.4 cm³/mol. The summed E-state index contributed by atoms with van der Waals surface area (Å²) in [5.74, 6) is 0.927. The number of amides is 1. The number of rotatable bonds is 6. The van der Waals surface area contributed by atoms with Crippen LogP contribution in [0.3, 0.4) is 0 Å². The highest BCUT2D eigenvalue weighted by Crippen LogP contribution is 2.54. The van der Waals surface area contributed by atoms with Crippen LogP contribution in [-0.4, -0.2) is 22.5 Å². The maximum absolute atomic E-state index is 11.9. The van der Waals surface area contributed by atoms with E-state index in [4.69, 9.17) is 5.11 Å². The summed E-state index contributed by atoms with van der Waals surface area (Å²) in [6.07, 6.45) is 4.19. The minimum absolute atomic E-state index is 0.101. The largest absolute Gasteiger partial charge is 0.481 e. The Morgan fingerprint density at radius 3 is 2.53 bits per heavy atom. The first kappa shape index (κ1) is 12.4. The molecule has 2 N–H and O–H groups in total. The number of aliphatic carboxylic acids is 1. The Morgan fingerprint density at radius 1 is 1.35 bits per heavy atom. The number of carbonyl (C=O) groups is 2. The molecule has 0 spiro atoms. The lowest BCUT2D eigenvalue weighted by Crippen LogP contribution is -2.44. The zero-order valence-corrected chi connectivity index (χ0v) is 10.5. The van der Waals surface area contributed by atoms with Crippen molar-refractivity contribution in [2.24, 2.45) is 17.8 Å². The molecule has 2 aliphatic carbocycles. The van der Waals surface area contributed by atoms with Crippen LogP contribution in [0.4, 0.5) is 0 Å². The Balaban J connectivity index is 1.75. The Kier molecular flexibility index (Phi) is 3.15. The molecule has 1 amide bonds. The maximum atomic E-state index is 11.9. The van der Waals surface area contributed by atoms with Gasteiger partial charge in [0, 0.05) is 17.9 Å². The van der Waals surface area contributed by atoms with Gasteiger partial charge < -0.3 is 10.4 Å². The highest BCUT2D eigenvalue weighted by Gasteiger charge is 2.51. The molecule has 2 aliphatic rings. The van der Waals surface area contributed by atoms with E-state index in [1.54, 1.807) is 0 Å². The van der Waals surface area contributed by atoms with Gasteiger partial charge in [0.1, 0.15) is 0 Å². The second kappa shape index (κ2) is 4.31. The van der Waals surface area contributed by atoms with Crippen LogP contribution in [0.5, 0.6) is 0 Å². The molecular formula is C13H21NO3. The number of hydrogen-bond donors (Lipinski definition) is 2. The molecule has 0 saturated heterocycles. The smallest absolute Gasteiger partial charge is 0.303 e. The third-order valence-corrected chi connectivity index (χ3v) is 3.83. The van der Waals surface area contributed by atoms with Crippen LogP contribution in [0.1, 0.15) is 46.0 Å². The van der Waals surface area contributed by atoms with Crippen molar-refractivity contribution < 1.29 is 14.7 Å². The van der Waals surface area contributed by atoms with Gasteiger partial charge in [-0.2, -0.15) is 0 Å². The van der Waals surface area contributed by atoms with E-state index in [9.17, 15) is 9.59 Å². The van der Waals surface area contributed by atoms with E-state index in [1.807, 2.05) is 13.8 Å². The Morgan fingerprint density at radius 2 is 2.00 bits per heavy atom. The molecule has 0 heterocycles. The fraction of sp³-hybridized carbons (Fsp3) is 0.846. The van der Waals surface area contributed by atoms with Crippen LogP contribution in [-0.2, 0) is 9.59 Å². The summed E-state index contributed by atoms with van der Waals surface area (Å²) in [7, 11) is 0. The SMILES string of the molecule is CC(C)(CCC(=O)O)NC(=O)C1CC1C1CC1. The number of carboxylic acids is 1. The Bertz CT molecular complexity index is 334. The molecule has 0 aliphatic heterocycles. The molecule has 2 unspecified atom stereocenters. The average molecular weight is 239 g/mol. The van der Waals surface area contributed by atoms with E-state index in [1.165, 1.54) is 12.8 Å². The lowest BCUT2D eigenvalue weighted by Gasteiger charge is -2.25. The van der Waals surface area contributed by atoms with Crippen LogP contribution >= 0.6 is 0 Å². The van der Waals surface area contributed by atoms with E-state index < -0.39 is 11.5 Å². The lowest BCUT2D eigenvalue weighted by atomic mass is 9.98. The highest BCUT2D eigenvalue weighted by atomic mass is 16.4. The minimum Gasteiger partial charge on any atom is -0.481 e. The van der Waals surface area contributed by atoms with Crippen molar-refractivity contribution in [3.05, 3.63) is 0 Å². The summed E-state index contributed by atoms with van der Waals surface area (Å²) in [6, 6.07) is 0. The molecule has 0 aromatic heterocycles. The standard InChI is InChI=1S/C13H21NO3/c1-13(2,6-5-11(15)16)14-12(17)10-7-9(10)8-3-4-8/h8-10H,3-7H2,1-2H3,(H,14,17)(H,15,16). The van der Waals surface area contributed by atoms with Gasteiger partial charge in [-0.25, -0.2) is 0 Å². The zero-order valence-electron chi connectivity index (χ0n) is 10.5. The van der Waals surface area contributed by atoms with Gasteiger partial charge in [0.2, 0.25) is 5.91 Å². The molecule has 0 bridgehead atoms. The van der Waals surface area contributed by atoms with Crippen molar-refractivity contribution in [1.29, 1.82) is 0 Å². The van der Waals surface area contributed by atoms with Gasteiger partial charge in [0.25, 0.3) is 0 Å². The summed E-state index contributed by atoms with van der Waals surface area (Å²) in [6.45, 7) is 3.78. The molecule has 0 aromatic rings. The van der Waals surface area contributed by atoms with Gasteiger partial charge in [-0.3, -0.25) is 9.59 Å². The summed E-state index contributed by atoms with van der Waals surface area (Å²) in [4.78, 5) is 22.5. The summed E-state index contributed by atoms with van der Waals surface area (Å²) in [5, 5.41) is 11.6. The third-order valence-electron chi connectivity index (χ3n) is 3.83. The summed E-state index contributed by atoms with van der Waals surface area (Å²) >= 11 is 0. The molecular weight excluding hydrogens is 218 g/mol. The Labute approximate surface area is 102 Å². The third kappa shape index (κ3) is 3.45. The molecule has 2 saturated carbocycles. The van der Waals surface area contributed by atoms with E-state index in [2.05, 4.69) is 5.32 Å². The molecule has 17 heavy (non-hydrogen) atoms. The van der Waals surface area contributed by atoms with Crippen molar-refractivity contribution in [1.82, 2.24) is 5.32 Å². The molecule has 96 valence electrons. The van der Waals surface area contributed by atoms with Gasteiger partial charge in [0.05, 0.1) is 0 Å². The minimum atomic E-state index is -0.811. The van der Waals surface area contributed by atoms with Gasteiger partial charge in [-0.1, -0.05) is 0 Å². The molecule has 2 fully saturated rings. The van der Waals surface area contributed by atoms with Crippen molar-refractivity contribution in [3.8, 4) is 0 Å². The van der Waals surface area contributed by atoms with Crippen molar-refractivity contribution in [3.63, 3.8) is 0 Å². The normalized spacial score (nSPS) is 27.6. The summed E-state index contributed by atoms with van der Waals surface area (Å²) < 4.78 is 0. The monoisotopic (exact) mass is 239 g/mol. The number of nitrogens with one attached hydrogen (secondary N) is 1. The van der Waals surface area contributed by atoms with Crippen LogP contribution in [0.15, 0.2) is 0 Å². The van der Waals surface area contributed by atoms with Gasteiger partial charge >= 0.3 is 5.97 Å². The molecule has 0 radical (unpaired) electrons. The second-order valence-corrected chi connectivity index (χ2v) is 6.11. The van der Waals surface area contributed by atoms with Crippen LogP contribution < -0.4 is 5.32 Å². The van der Waals surface area contributed by atoms with E-state index in [0.717, 1.165) is 12.3 Å². The van der Waals surface area contributed by atoms with Crippen LogP contribution in [0.25, 0.3) is 0 Å². The Hall–Kier alpha value is -1.06. The molecule has 4 heteroatoms.